The van der Waals surface area contributed by atoms with Gasteiger partial charge in [0.2, 0.25) is 0 Å². The van der Waals surface area contributed by atoms with E-state index in [1.165, 1.54) is 12.1 Å². The van der Waals surface area contributed by atoms with Crippen LogP contribution in [0.4, 0.5) is 10.1 Å². The SMILES string of the molecule is Cc1cc(Br)cc(C)c1NC(=O)c1cc(F)cc(Br)c1. The maximum absolute atomic E-state index is 13.3. The molecule has 0 aliphatic rings. The van der Waals surface area contributed by atoms with E-state index < -0.39 is 5.82 Å². The lowest BCUT2D eigenvalue weighted by Gasteiger charge is -2.12. The van der Waals surface area contributed by atoms with Crippen molar-refractivity contribution in [2.75, 3.05) is 5.32 Å². The molecule has 1 N–H and O–H groups in total. The van der Waals surface area contributed by atoms with E-state index in [2.05, 4.69) is 37.2 Å². The van der Waals surface area contributed by atoms with Crippen molar-refractivity contribution in [1.29, 1.82) is 0 Å². The maximum atomic E-state index is 13.3. The summed E-state index contributed by atoms with van der Waals surface area (Å²) in [4.78, 5) is 12.2. The Bertz CT molecular complexity index is 642. The summed E-state index contributed by atoms with van der Waals surface area (Å²) in [7, 11) is 0. The predicted molar refractivity (Wildman–Crippen MR) is 85.7 cm³/mol. The summed E-state index contributed by atoms with van der Waals surface area (Å²) in [6.45, 7) is 3.82. The molecular formula is C15H12Br2FNO. The van der Waals surface area contributed by atoms with Crippen LogP contribution in [0.1, 0.15) is 21.5 Å². The van der Waals surface area contributed by atoms with Crippen LogP contribution < -0.4 is 5.32 Å². The first-order valence-electron chi connectivity index (χ1n) is 5.91. The summed E-state index contributed by atoms with van der Waals surface area (Å²) >= 11 is 6.59. The van der Waals surface area contributed by atoms with Crippen molar-refractivity contribution in [2.45, 2.75) is 13.8 Å². The highest BCUT2D eigenvalue weighted by Gasteiger charge is 2.12. The summed E-state index contributed by atoms with van der Waals surface area (Å²) in [5.74, 6) is -0.785. The van der Waals surface area contributed by atoms with E-state index in [0.29, 0.717) is 4.47 Å². The van der Waals surface area contributed by atoms with Gasteiger partial charge in [0.05, 0.1) is 0 Å². The van der Waals surface area contributed by atoms with Crippen molar-refractivity contribution < 1.29 is 9.18 Å². The summed E-state index contributed by atoms with van der Waals surface area (Å²) in [6.07, 6.45) is 0. The predicted octanol–water partition coefficient (Wildman–Crippen LogP) is 5.22. The summed E-state index contributed by atoms with van der Waals surface area (Å²) in [5, 5.41) is 2.83. The largest absolute Gasteiger partial charge is 0.321 e. The molecule has 20 heavy (non-hydrogen) atoms. The van der Waals surface area contributed by atoms with E-state index in [1.54, 1.807) is 6.07 Å². The molecule has 0 spiro atoms. The zero-order valence-corrected chi connectivity index (χ0v) is 14.1. The number of hydrogen-bond acceptors (Lipinski definition) is 1. The van der Waals surface area contributed by atoms with Crippen LogP contribution in [-0.4, -0.2) is 5.91 Å². The van der Waals surface area contributed by atoms with Crippen molar-refractivity contribution in [3.8, 4) is 0 Å². The number of rotatable bonds is 2. The van der Waals surface area contributed by atoms with Gasteiger partial charge in [-0.15, -0.1) is 0 Å². The molecule has 0 aromatic heterocycles. The fraction of sp³-hybridized carbons (Fsp3) is 0.133. The molecule has 0 heterocycles. The third-order valence-electron chi connectivity index (χ3n) is 2.86. The van der Waals surface area contributed by atoms with Crippen molar-refractivity contribution in [1.82, 2.24) is 0 Å². The first-order chi connectivity index (χ1) is 9.36. The van der Waals surface area contributed by atoms with Gasteiger partial charge in [0.25, 0.3) is 5.91 Å². The van der Waals surface area contributed by atoms with E-state index >= 15 is 0 Å². The molecule has 2 nitrogen and oxygen atoms in total. The Morgan fingerprint density at radius 1 is 1.00 bits per heavy atom. The summed E-state index contributed by atoms with van der Waals surface area (Å²) in [6, 6.07) is 7.95. The average Bonchev–Trinajstić information content (AvgIpc) is 2.32. The highest BCUT2D eigenvalue weighted by molar-refractivity contribution is 9.10. The van der Waals surface area contributed by atoms with Crippen LogP contribution in [0, 0.1) is 19.7 Å². The highest BCUT2D eigenvalue weighted by atomic mass is 79.9. The summed E-state index contributed by atoms with van der Waals surface area (Å²) in [5.41, 5.74) is 2.92. The van der Waals surface area contributed by atoms with Gasteiger partial charge in [-0.2, -0.15) is 0 Å². The molecule has 2 aromatic rings. The second-order valence-corrected chi connectivity index (χ2v) is 6.36. The highest BCUT2D eigenvalue weighted by Crippen LogP contribution is 2.26. The topological polar surface area (TPSA) is 29.1 Å². The second kappa shape index (κ2) is 6.06. The fourth-order valence-corrected chi connectivity index (χ4v) is 3.13. The van der Waals surface area contributed by atoms with Gasteiger partial charge in [-0.1, -0.05) is 31.9 Å². The monoisotopic (exact) mass is 399 g/mol. The van der Waals surface area contributed by atoms with Crippen LogP contribution in [0.3, 0.4) is 0 Å². The molecule has 104 valence electrons. The average molecular weight is 401 g/mol. The van der Waals surface area contributed by atoms with Gasteiger partial charge >= 0.3 is 0 Å². The molecule has 2 rings (SSSR count). The number of amides is 1. The van der Waals surface area contributed by atoms with Gasteiger partial charge in [-0.25, -0.2) is 4.39 Å². The lowest BCUT2D eigenvalue weighted by molar-refractivity contribution is 0.102. The number of carbonyl (C=O) groups is 1. The van der Waals surface area contributed by atoms with Gasteiger partial charge < -0.3 is 5.32 Å². The first kappa shape index (κ1) is 15.2. The van der Waals surface area contributed by atoms with Crippen molar-refractivity contribution >= 4 is 43.5 Å². The van der Waals surface area contributed by atoms with E-state index in [0.717, 1.165) is 21.3 Å². The van der Waals surface area contributed by atoms with Gasteiger partial charge in [-0.3, -0.25) is 4.79 Å². The minimum atomic E-state index is -0.450. The molecular weight excluding hydrogens is 389 g/mol. The molecule has 5 heteroatoms. The third-order valence-corrected chi connectivity index (χ3v) is 3.78. The number of hydrogen-bond donors (Lipinski definition) is 1. The molecule has 0 atom stereocenters. The number of halogens is 3. The zero-order chi connectivity index (χ0) is 14.9. The van der Waals surface area contributed by atoms with Crippen LogP contribution in [0.25, 0.3) is 0 Å². The van der Waals surface area contributed by atoms with Crippen molar-refractivity contribution in [3.63, 3.8) is 0 Å². The second-order valence-electron chi connectivity index (χ2n) is 4.53. The smallest absolute Gasteiger partial charge is 0.255 e. The van der Waals surface area contributed by atoms with E-state index in [1.807, 2.05) is 26.0 Å². The molecule has 0 unspecified atom stereocenters. The van der Waals surface area contributed by atoms with E-state index in [9.17, 15) is 9.18 Å². The van der Waals surface area contributed by atoms with Crippen LogP contribution in [-0.2, 0) is 0 Å². The fourth-order valence-electron chi connectivity index (χ4n) is 1.98. The Hall–Kier alpha value is -1.20. The van der Waals surface area contributed by atoms with Crippen LogP contribution in [0.5, 0.6) is 0 Å². The lowest BCUT2D eigenvalue weighted by atomic mass is 10.1. The summed E-state index contributed by atoms with van der Waals surface area (Å²) < 4.78 is 14.8. The normalized spacial score (nSPS) is 10.4. The van der Waals surface area contributed by atoms with Gasteiger partial charge in [-0.05, 0) is 55.3 Å². The Balaban J connectivity index is 2.32. The van der Waals surface area contributed by atoms with Crippen LogP contribution in [0.15, 0.2) is 39.3 Å². The maximum Gasteiger partial charge on any atom is 0.255 e. The Morgan fingerprint density at radius 3 is 2.10 bits per heavy atom. The number of nitrogens with one attached hydrogen (secondary N) is 1. The van der Waals surface area contributed by atoms with Gasteiger partial charge in [0, 0.05) is 20.2 Å². The van der Waals surface area contributed by atoms with Crippen LogP contribution in [0.2, 0.25) is 0 Å². The molecule has 0 saturated carbocycles. The number of benzene rings is 2. The molecule has 0 bridgehead atoms. The van der Waals surface area contributed by atoms with E-state index in [-0.39, 0.29) is 11.5 Å². The number of aryl methyl sites for hydroxylation is 2. The van der Waals surface area contributed by atoms with Crippen LogP contribution >= 0.6 is 31.9 Å². The van der Waals surface area contributed by atoms with Crippen molar-refractivity contribution in [2.24, 2.45) is 0 Å². The molecule has 0 aliphatic heterocycles. The molecule has 0 saturated heterocycles. The zero-order valence-electron chi connectivity index (χ0n) is 10.9. The van der Waals surface area contributed by atoms with E-state index in [4.69, 9.17) is 0 Å². The number of carbonyl (C=O) groups excluding carboxylic acids is 1. The molecule has 1 amide bonds. The molecule has 0 radical (unpaired) electrons. The number of anilines is 1. The molecule has 0 aliphatic carbocycles. The first-order valence-corrected chi connectivity index (χ1v) is 7.49. The standard InChI is InChI=1S/C15H12Br2FNO/c1-8-3-11(16)4-9(2)14(8)19-15(20)10-5-12(17)7-13(18)6-10/h3-7H,1-2H3,(H,19,20). The third kappa shape index (κ3) is 3.46. The molecule has 0 fully saturated rings. The lowest BCUT2D eigenvalue weighted by Crippen LogP contribution is -2.14. The van der Waals surface area contributed by atoms with Gasteiger partial charge in [0.15, 0.2) is 0 Å². The van der Waals surface area contributed by atoms with Gasteiger partial charge in [0.1, 0.15) is 5.82 Å². The quantitative estimate of drug-likeness (QED) is 0.735. The minimum Gasteiger partial charge on any atom is -0.321 e. The van der Waals surface area contributed by atoms with Crippen molar-refractivity contribution in [3.05, 3.63) is 61.8 Å². The molecule has 2 aromatic carbocycles. The minimum absolute atomic E-state index is 0.276. The Labute approximate surface area is 133 Å². The Morgan fingerprint density at radius 2 is 1.55 bits per heavy atom. The Kier molecular flexibility index (Phi) is 4.60.